The fourth-order valence-corrected chi connectivity index (χ4v) is 3.09. The molecule has 1 aliphatic heterocycles. The molecule has 2 aromatic rings. The van der Waals surface area contributed by atoms with Crippen molar-refractivity contribution in [2.24, 2.45) is 5.10 Å². The number of nitrogens with zero attached hydrogens (tertiary/aromatic N) is 2. The van der Waals surface area contributed by atoms with Crippen LogP contribution >= 0.6 is 0 Å². The van der Waals surface area contributed by atoms with E-state index < -0.39 is 24.1 Å². The highest BCUT2D eigenvalue weighted by molar-refractivity contribution is 6.07. The van der Waals surface area contributed by atoms with E-state index in [1.54, 1.807) is 0 Å². The van der Waals surface area contributed by atoms with Crippen LogP contribution in [0.25, 0.3) is 0 Å². The maximum absolute atomic E-state index is 12.9. The Morgan fingerprint density at radius 2 is 1.67 bits per heavy atom. The third-order valence-electron chi connectivity index (χ3n) is 4.93. The standard InChI is InChI=1S/C22H23F2N3O3/c1-21(2,3)15-7-5-14(6-8-15)13-25-27-18(28)22(4,26-20(27)29)16-9-11-17(12-10-16)30-19(23)24/h5-13,19H,1-4H3,(H,26,29)/b25-13-/t22-/m1/s1. The van der Waals surface area contributed by atoms with Crippen molar-refractivity contribution in [2.45, 2.75) is 45.3 Å². The Morgan fingerprint density at radius 1 is 1.07 bits per heavy atom. The Hall–Kier alpha value is -3.29. The largest absolute Gasteiger partial charge is 0.435 e. The van der Waals surface area contributed by atoms with Crippen molar-refractivity contribution in [1.82, 2.24) is 10.3 Å². The fourth-order valence-electron chi connectivity index (χ4n) is 3.09. The van der Waals surface area contributed by atoms with Crippen LogP contribution in [0, 0.1) is 0 Å². The molecule has 158 valence electrons. The maximum Gasteiger partial charge on any atom is 0.387 e. The zero-order valence-corrected chi connectivity index (χ0v) is 17.1. The van der Waals surface area contributed by atoms with E-state index in [1.807, 2.05) is 24.3 Å². The van der Waals surface area contributed by atoms with Crippen molar-refractivity contribution < 1.29 is 23.1 Å². The third-order valence-corrected chi connectivity index (χ3v) is 4.93. The molecule has 1 heterocycles. The van der Waals surface area contributed by atoms with E-state index in [0.717, 1.165) is 16.1 Å². The van der Waals surface area contributed by atoms with E-state index in [-0.39, 0.29) is 11.2 Å². The highest BCUT2D eigenvalue weighted by Crippen LogP contribution is 2.30. The molecule has 3 rings (SSSR count). The van der Waals surface area contributed by atoms with Gasteiger partial charge in [0.15, 0.2) is 0 Å². The lowest BCUT2D eigenvalue weighted by atomic mass is 9.87. The summed E-state index contributed by atoms with van der Waals surface area (Å²) in [7, 11) is 0. The molecule has 1 saturated heterocycles. The number of imide groups is 1. The average molecular weight is 415 g/mol. The highest BCUT2D eigenvalue weighted by atomic mass is 19.3. The minimum absolute atomic E-state index is 0.0121. The molecule has 0 radical (unpaired) electrons. The molecule has 0 unspecified atom stereocenters. The van der Waals surface area contributed by atoms with Gasteiger partial charge >= 0.3 is 12.6 Å². The van der Waals surface area contributed by atoms with Gasteiger partial charge in [-0.05, 0) is 41.2 Å². The number of benzene rings is 2. The van der Waals surface area contributed by atoms with Gasteiger partial charge in [0.1, 0.15) is 11.3 Å². The number of carbonyl (C=O) groups is 2. The SMILES string of the molecule is CC(C)(C)c1ccc(/C=N\N2C(=O)N[C@](C)(c3ccc(OC(F)F)cc3)C2=O)cc1. The summed E-state index contributed by atoms with van der Waals surface area (Å²) in [5.41, 5.74) is 0.966. The normalized spacial score (nSPS) is 19.6. The minimum Gasteiger partial charge on any atom is -0.435 e. The summed E-state index contributed by atoms with van der Waals surface area (Å²) in [4.78, 5) is 25.2. The summed E-state index contributed by atoms with van der Waals surface area (Å²) in [5, 5.41) is 7.42. The van der Waals surface area contributed by atoms with Gasteiger partial charge in [0, 0.05) is 0 Å². The highest BCUT2D eigenvalue weighted by Gasteiger charge is 2.49. The van der Waals surface area contributed by atoms with Crippen molar-refractivity contribution in [3.05, 3.63) is 65.2 Å². The van der Waals surface area contributed by atoms with E-state index in [1.165, 1.54) is 37.4 Å². The Bertz CT molecular complexity index is 967. The smallest absolute Gasteiger partial charge is 0.387 e. The Kier molecular flexibility index (Phi) is 5.61. The number of hydrogen-bond donors (Lipinski definition) is 1. The fraction of sp³-hybridized carbons (Fsp3) is 0.318. The van der Waals surface area contributed by atoms with Gasteiger partial charge in [-0.3, -0.25) is 4.79 Å². The summed E-state index contributed by atoms with van der Waals surface area (Å²) in [5.74, 6) is -0.611. The second kappa shape index (κ2) is 7.85. The first kappa shape index (κ1) is 21.4. The van der Waals surface area contributed by atoms with E-state index in [4.69, 9.17) is 0 Å². The van der Waals surface area contributed by atoms with Crippen molar-refractivity contribution in [1.29, 1.82) is 0 Å². The first-order valence-electron chi connectivity index (χ1n) is 9.37. The summed E-state index contributed by atoms with van der Waals surface area (Å²) in [6.07, 6.45) is 1.44. The number of nitrogens with one attached hydrogen (secondary N) is 1. The van der Waals surface area contributed by atoms with Crippen LogP contribution in [-0.2, 0) is 15.7 Å². The maximum atomic E-state index is 12.9. The number of urea groups is 1. The number of carbonyl (C=O) groups excluding carboxylic acids is 2. The molecule has 6 nitrogen and oxygen atoms in total. The molecule has 1 fully saturated rings. The zero-order valence-electron chi connectivity index (χ0n) is 17.1. The van der Waals surface area contributed by atoms with Crippen LogP contribution in [0.5, 0.6) is 5.75 Å². The van der Waals surface area contributed by atoms with Gasteiger partial charge in [0.2, 0.25) is 0 Å². The number of ether oxygens (including phenoxy) is 1. The Labute approximate surface area is 173 Å². The lowest BCUT2D eigenvalue weighted by molar-refractivity contribution is -0.131. The molecule has 3 amide bonds. The van der Waals surface area contributed by atoms with E-state index in [9.17, 15) is 18.4 Å². The van der Waals surface area contributed by atoms with Crippen LogP contribution in [0.2, 0.25) is 0 Å². The van der Waals surface area contributed by atoms with E-state index >= 15 is 0 Å². The third kappa shape index (κ3) is 4.32. The molecule has 30 heavy (non-hydrogen) atoms. The number of rotatable bonds is 5. The summed E-state index contributed by atoms with van der Waals surface area (Å²) < 4.78 is 28.9. The van der Waals surface area contributed by atoms with Gasteiger partial charge in [-0.15, -0.1) is 5.01 Å². The quantitative estimate of drug-likeness (QED) is 0.582. The predicted octanol–water partition coefficient (Wildman–Crippen LogP) is 4.39. The summed E-state index contributed by atoms with van der Waals surface area (Å²) in [6.45, 7) is 4.91. The Morgan fingerprint density at radius 3 is 2.20 bits per heavy atom. The molecule has 0 saturated carbocycles. The first-order valence-corrected chi connectivity index (χ1v) is 9.37. The number of hydrogen-bond acceptors (Lipinski definition) is 4. The van der Waals surface area contributed by atoms with Gasteiger partial charge in [0.05, 0.1) is 6.21 Å². The van der Waals surface area contributed by atoms with Gasteiger partial charge < -0.3 is 10.1 Å². The monoisotopic (exact) mass is 415 g/mol. The average Bonchev–Trinajstić information content (AvgIpc) is 2.89. The molecular weight excluding hydrogens is 392 g/mol. The predicted molar refractivity (Wildman–Crippen MR) is 109 cm³/mol. The first-order chi connectivity index (χ1) is 14.0. The molecule has 0 bridgehead atoms. The van der Waals surface area contributed by atoms with E-state index in [2.05, 4.69) is 35.9 Å². The van der Waals surface area contributed by atoms with Crippen LogP contribution in [0.15, 0.2) is 53.6 Å². The molecule has 2 aromatic carbocycles. The van der Waals surface area contributed by atoms with Crippen molar-refractivity contribution >= 4 is 18.2 Å². The molecule has 0 aromatic heterocycles. The number of halogens is 2. The van der Waals surface area contributed by atoms with Crippen molar-refractivity contribution in [3.8, 4) is 5.75 Å². The lowest BCUT2D eigenvalue weighted by Crippen LogP contribution is -2.40. The minimum atomic E-state index is -2.94. The van der Waals surface area contributed by atoms with Gasteiger partial charge in [-0.1, -0.05) is 57.2 Å². The van der Waals surface area contributed by atoms with Crippen LogP contribution < -0.4 is 10.1 Å². The lowest BCUT2D eigenvalue weighted by Gasteiger charge is -2.21. The molecule has 1 aliphatic rings. The molecular formula is C22H23F2N3O3. The molecule has 1 atom stereocenters. The summed E-state index contributed by atoms with van der Waals surface area (Å²) in [6, 6.07) is 12.5. The second-order valence-electron chi connectivity index (χ2n) is 8.19. The molecule has 0 spiro atoms. The van der Waals surface area contributed by atoms with E-state index in [0.29, 0.717) is 5.56 Å². The molecule has 1 N–H and O–H groups in total. The van der Waals surface area contributed by atoms with Crippen LogP contribution in [0.4, 0.5) is 13.6 Å². The van der Waals surface area contributed by atoms with Crippen molar-refractivity contribution in [3.63, 3.8) is 0 Å². The van der Waals surface area contributed by atoms with Gasteiger partial charge in [-0.25, -0.2) is 4.79 Å². The number of amides is 3. The van der Waals surface area contributed by atoms with Crippen LogP contribution in [-0.4, -0.2) is 29.8 Å². The van der Waals surface area contributed by atoms with Gasteiger partial charge in [-0.2, -0.15) is 13.9 Å². The second-order valence-corrected chi connectivity index (χ2v) is 8.19. The zero-order chi connectivity index (χ0) is 22.1. The number of alkyl halides is 2. The Balaban J connectivity index is 1.77. The van der Waals surface area contributed by atoms with Crippen LogP contribution in [0.1, 0.15) is 44.4 Å². The van der Waals surface area contributed by atoms with Crippen LogP contribution in [0.3, 0.4) is 0 Å². The van der Waals surface area contributed by atoms with Gasteiger partial charge in [0.25, 0.3) is 5.91 Å². The number of hydrazone groups is 1. The molecule has 0 aliphatic carbocycles. The van der Waals surface area contributed by atoms with Crippen molar-refractivity contribution in [2.75, 3.05) is 0 Å². The molecule has 8 heteroatoms. The summed E-state index contributed by atoms with van der Waals surface area (Å²) >= 11 is 0. The topological polar surface area (TPSA) is 71.0 Å².